The minimum atomic E-state index is -0.425. The van der Waals surface area contributed by atoms with E-state index in [9.17, 15) is 14.3 Å². The number of hydrogen-bond donors (Lipinski definition) is 1. The number of aliphatic hydroxyl groups excluding tert-OH is 1. The lowest BCUT2D eigenvalue weighted by Gasteiger charge is -2.47. The van der Waals surface area contributed by atoms with E-state index in [0.29, 0.717) is 37.2 Å². The largest absolute Gasteiger partial charge is 0.444 e. The first-order valence-corrected chi connectivity index (χ1v) is 10.2. The monoisotopic (exact) mass is 387 g/mol. The van der Waals surface area contributed by atoms with Gasteiger partial charge >= 0.3 is 6.09 Å². The fourth-order valence-corrected chi connectivity index (χ4v) is 4.94. The van der Waals surface area contributed by atoms with Crippen molar-refractivity contribution < 1.29 is 19.0 Å². The standard InChI is InChI=1S/C21H26FN3O3/c22-19-9-14(12-23)6-7-20(19)24-8-2-5-18(13-24)28-21(27)25-15-3-1-4-16(25)11-17(26)10-15/h6-7,9,15-18,26H,1-5,8,10-11,13H2. The summed E-state index contributed by atoms with van der Waals surface area (Å²) >= 11 is 0. The van der Waals surface area contributed by atoms with Crippen LogP contribution >= 0.6 is 0 Å². The molecule has 1 aromatic carbocycles. The molecule has 0 aliphatic carbocycles. The van der Waals surface area contributed by atoms with Gasteiger partial charge in [0.1, 0.15) is 11.9 Å². The number of anilines is 1. The summed E-state index contributed by atoms with van der Waals surface area (Å²) in [7, 11) is 0. The van der Waals surface area contributed by atoms with Crippen molar-refractivity contribution >= 4 is 11.8 Å². The van der Waals surface area contributed by atoms with Gasteiger partial charge in [-0.3, -0.25) is 0 Å². The van der Waals surface area contributed by atoms with Crippen LogP contribution in [-0.2, 0) is 4.74 Å². The van der Waals surface area contributed by atoms with E-state index in [1.165, 1.54) is 6.07 Å². The third-order valence-corrected chi connectivity index (χ3v) is 6.22. The maximum atomic E-state index is 14.4. The average Bonchev–Trinajstić information content (AvgIpc) is 2.67. The Balaban J connectivity index is 1.41. The smallest absolute Gasteiger partial charge is 0.410 e. The normalized spacial score (nSPS) is 29.9. The van der Waals surface area contributed by atoms with Crippen LogP contribution in [0, 0.1) is 17.1 Å². The highest BCUT2D eigenvalue weighted by Gasteiger charge is 2.42. The summed E-state index contributed by atoms with van der Waals surface area (Å²) in [6.07, 6.45) is 4.81. The highest BCUT2D eigenvalue weighted by Crippen LogP contribution is 2.35. The van der Waals surface area contributed by atoms with Crippen LogP contribution in [0.25, 0.3) is 0 Å². The molecule has 0 aromatic heterocycles. The van der Waals surface area contributed by atoms with Crippen molar-refractivity contribution in [1.82, 2.24) is 4.90 Å². The summed E-state index contributed by atoms with van der Waals surface area (Å²) in [5.41, 5.74) is 0.734. The van der Waals surface area contributed by atoms with Crippen LogP contribution < -0.4 is 4.90 Å². The second kappa shape index (κ2) is 7.96. The molecule has 1 N–H and O–H groups in total. The molecule has 3 aliphatic heterocycles. The number of ether oxygens (including phenoxy) is 1. The molecule has 4 rings (SSSR count). The van der Waals surface area contributed by atoms with E-state index < -0.39 is 5.82 Å². The van der Waals surface area contributed by atoms with Gasteiger partial charge in [0.05, 0.1) is 30.0 Å². The van der Waals surface area contributed by atoms with Gasteiger partial charge in [-0.1, -0.05) is 0 Å². The molecule has 3 unspecified atom stereocenters. The number of carbonyl (C=O) groups excluding carboxylic acids is 1. The van der Waals surface area contributed by atoms with Crippen LogP contribution in [-0.4, -0.2) is 53.5 Å². The Hall–Kier alpha value is -2.33. The molecule has 3 fully saturated rings. The summed E-state index contributed by atoms with van der Waals surface area (Å²) < 4.78 is 20.2. The van der Waals surface area contributed by atoms with Crippen molar-refractivity contribution in [3.05, 3.63) is 29.6 Å². The minimum Gasteiger partial charge on any atom is -0.444 e. The Morgan fingerprint density at radius 2 is 1.96 bits per heavy atom. The molecular formula is C21H26FN3O3. The van der Waals surface area contributed by atoms with Gasteiger partial charge in [-0.05, 0) is 63.1 Å². The van der Waals surface area contributed by atoms with E-state index in [0.717, 1.165) is 32.1 Å². The molecule has 1 aromatic rings. The number of piperidine rings is 3. The van der Waals surface area contributed by atoms with Crippen molar-refractivity contribution in [2.45, 2.75) is 69.2 Å². The SMILES string of the molecule is N#Cc1ccc(N2CCCC(OC(=O)N3C4CCCC3CC(O)C4)C2)c(F)c1. The van der Waals surface area contributed by atoms with Gasteiger partial charge in [-0.15, -0.1) is 0 Å². The second-order valence-corrected chi connectivity index (χ2v) is 8.14. The number of halogens is 1. The molecule has 3 atom stereocenters. The van der Waals surface area contributed by atoms with Crippen LogP contribution in [0.15, 0.2) is 18.2 Å². The average molecular weight is 387 g/mol. The maximum absolute atomic E-state index is 14.4. The van der Waals surface area contributed by atoms with Crippen LogP contribution in [0.1, 0.15) is 50.5 Å². The predicted octanol–water partition coefficient (Wildman–Crippen LogP) is 3.18. The third-order valence-electron chi connectivity index (χ3n) is 6.22. The summed E-state index contributed by atoms with van der Waals surface area (Å²) in [5.74, 6) is -0.425. The van der Waals surface area contributed by atoms with Crippen molar-refractivity contribution in [2.24, 2.45) is 0 Å². The molecule has 150 valence electrons. The first-order chi connectivity index (χ1) is 13.5. The second-order valence-electron chi connectivity index (χ2n) is 8.14. The Bertz CT molecular complexity index is 767. The van der Waals surface area contributed by atoms with Gasteiger partial charge in [0.2, 0.25) is 0 Å². The van der Waals surface area contributed by atoms with Crippen LogP contribution in [0.2, 0.25) is 0 Å². The van der Waals surface area contributed by atoms with E-state index in [1.54, 1.807) is 12.1 Å². The van der Waals surface area contributed by atoms with Gasteiger partial charge in [0.15, 0.2) is 0 Å². The molecule has 3 aliphatic rings. The summed E-state index contributed by atoms with van der Waals surface area (Å²) in [5, 5.41) is 18.9. The zero-order chi connectivity index (χ0) is 19.7. The topological polar surface area (TPSA) is 76.8 Å². The highest BCUT2D eigenvalue weighted by molar-refractivity contribution is 5.69. The fraction of sp³-hybridized carbons (Fsp3) is 0.619. The van der Waals surface area contributed by atoms with Gasteiger partial charge < -0.3 is 19.6 Å². The third kappa shape index (κ3) is 3.79. The van der Waals surface area contributed by atoms with Crippen molar-refractivity contribution in [3.8, 4) is 6.07 Å². The number of aliphatic hydroxyl groups is 1. The maximum Gasteiger partial charge on any atom is 0.410 e. The Kier molecular flexibility index (Phi) is 5.40. The molecule has 2 bridgehead atoms. The number of carbonyl (C=O) groups is 1. The number of nitriles is 1. The number of fused-ring (bicyclic) bond motifs is 2. The molecule has 1 amide bonds. The molecule has 28 heavy (non-hydrogen) atoms. The molecule has 0 radical (unpaired) electrons. The van der Waals surface area contributed by atoms with Crippen LogP contribution in [0.4, 0.5) is 14.9 Å². The number of hydrogen-bond acceptors (Lipinski definition) is 5. The summed E-state index contributed by atoms with van der Waals surface area (Å²) in [6, 6.07) is 6.53. The van der Waals surface area contributed by atoms with Gasteiger partial charge in [0, 0.05) is 18.6 Å². The van der Waals surface area contributed by atoms with Crippen molar-refractivity contribution in [1.29, 1.82) is 5.26 Å². The first kappa shape index (κ1) is 19.0. The number of benzene rings is 1. The number of amides is 1. The molecule has 6 nitrogen and oxygen atoms in total. The lowest BCUT2D eigenvalue weighted by molar-refractivity contribution is -0.0347. The summed E-state index contributed by atoms with van der Waals surface area (Å²) in [4.78, 5) is 16.6. The van der Waals surface area contributed by atoms with E-state index in [-0.39, 0.29) is 30.4 Å². The number of rotatable bonds is 2. The Morgan fingerprint density at radius 1 is 1.21 bits per heavy atom. The van der Waals surface area contributed by atoms with Gasteiger partial charge in [-0.2, -0.15) is 5.26 Å². The Labute approximate surface area is 164 Å². The minimum absolute atomic E-state index is 0.0608. The van der Waals surface area contributed by atoms with Crippen molar-refractivity contribution in [2.75, 3.05) is 18.0 Å². The Morgan fingerprint density at radius 3 is 2.64 bits per heavy atom. The predicted molar refractivity (Wildman–Crippen MR) is 101 cm³/mol. The number of nitrogens with zero attached hydrogens (tertiary/aromatic N) is 3. The van der Waals surface area contributed by atoms with Crippen LogP contribution in [0.3, 0.4) is 0 Å². The van der Waals surface area contributed by atoms with E-state index in [1.807, 2.05) is 15.9 Å². The van der Waals surface area contributed by atoms with E-state index in [4.69, 9.17) is 10.00 Å². The lowest BCUT2D eigenvalue weighted by Crippen LogP contribution is -2.57. The van der Waals surface area contributed by atoms with Crippen LogP contribution in [0.5, 0.6) is 0 Å². The molecule has 3 saturated heterocycles. The van der Waals surface area contributed by atoms with Gasteiger partial charge in [0.25, 0.3) is 0 Å². The first-order valence-electron chi connectivity index (χ1n) is 10.2. The lowest BCUT2D eigenvalue weighted by atomic mass is 9.83. The van der Waals surface area contributed by atoms with Gasteiger partial charge in [-0.25, -0.2) is 9.18 Å². The molecule has 0 saturated carbocycles. The van der Waals surface area contributed by atoms with E-state index in [2.05, 4.69) is 0 Å². The molecule has 3 heterocycles. The van der Waals surface area contributed by atoms with Crippen molar-refractivity contribution in [3.63, 3.8) is 0 Å². The highest BCUT2D eigenvalue weighted by atomic mass is 19.1. The fourth-order valence-electron chi connectivity index (χ4n) is 4.94. The molecule has 7 heteroatoms. The zero-order valence-corrected chi connectivity index (χ0v) is 15.9. The molecular weight excluding hydrogens is 361 g/mol. The zero-order valence-electron chi connectivity index (χ0n) is 15.9. The quantitative estimate of drug-likeness (QED) is 0.843. The summed E-state index contributed by atoms with van der Waals surface area (Å²) in [6.45, 7) is 1.14. The van der Waals surface area contributed by atoms with E-state index >= 15 is 0 Å². The molecule has 0 spiro atoms.